The molecule has 0 aromatic heterocycles. The predicted octanol–water partition coefficient (Wildman–Crippen LogP) is 8.17. The van der Waals surface area contributed by atoms with Crippen molar-refractivity contribution in [2.75, 3.05) is 0 Å². The zero-order chi connectivity index (χ0) is 22.7. The second-order valence-corrected chi connectivity index (χ2v) is 15.2. The fourth-order valence-electron chi connectivity index (χ4n) is 10.5. The number of hydrogen-bond acceptors (Lipinski definition) is 1. The van der Waals surface area contributed by atoms with Crippen LogP contribution in [-0.2, 0) is 0 Å². The van der Waals surface area contributed by atoms with Crippen LogP contribution >= 0.6 is 0 Å². The molecule has 0 heterocycles. The summed E-state index contributed by atoms with van der Waals surface area (Å²) in [5, 5.41) is 10.9. The Labute approximate surface area is 192 Å². The topological polar surface area (TPSA) is 20.2 Å². The van der Waals surface area contributed by atoms with Gasteiger partial charge in [0.25, 0.3) is 0 Å². The van der Waals surface area contributed by atoms with Gasteiger partial charge in [0.05, 0.1) is 6.10 Å². The van der Waals surface area contributed by atoms with E-state index in [4.69, 9.17) is 0 Å². The van der Waals surface area contributed by atoms with Gasteiger partial charge < -0.3 is 5.11 Å². The smallest absolute Gasteiger partial charge is 0.0594 e. The van der Waals surface area contributed by atoms with E-state index in [1.165, 1.54) is 57.8 Å². The highest BCUT2D eigenvalue weighted by atomic mass is 16.3. The van der Waals surface area contributed by atoms with Crippen LogP contribution in [0.5, 0.6) is 0 Å². The van der Waals surface area contributed by atoms with Gasteiger partial charge in [0.1, 0.15) is 0 Å². The van der Waals surface area contributed by atoms with Crippen LogP contribution in [0.25, 0.3) is 0 Å². The maximum absolute atomic E-state index is 10.9. The van der Waals surface area contributed by atoms with Crippen molar-refractivity contribution < 1.29 is 5.11 Å². The van der Waals surface area contributed by atoms with Crippen LogP contribution in [0.4, 0.5) is 0 Å². The van der Waals surface area contributed by atoms with Crippen molar-refractivity contribution in [2.24, 2.45) is 50.2 Å². The molecule has 1 heteroatoms. The maximum Gasteiger partial charge on any atom is 0.0594 e. The summed E-state index contributed by atoms with van der Waals surface area (Å²) in [5.41, 5.74) is 4.09. The molecule has 1 unspecified atom stereocenters. The lowest BCUT2D eigenvalue weighted by atomic mass is 9.33. The number of allylic oxidation sites excluding steroid dienone is 2. The first-order valence-electron chi connectivity index (χ1n) is 13.6. The van der Waals surface area contributed by atoms with Crippen molar-refractivity contribution in [1.82, 2.24) is 0 Å². The number of fused-ring (bicyclic) bond motifs is 7. The summed E-state index contributed by atoms with van der Waals surface area (Å²) in [5.74, 6) is 2.21. The summed E-state index contributed by atoms with van der Waals surface area (Å²) >= 11 is 0. The second-order valence-electron chi connectivity index (χ2n) is 15.2. The summed E-state index contributed by atoms with van der Waals surface area (Å²) in [4.78, 5) is 0. The summed E-state index contributed by atoms with van der Waals surface area (Å²) < 4.78 is 0. The highest BCUT2D eigenvalue weighted by Crippen LogP contribution is 2.75. The fraction of sp³-hybridized carbons (Fsp3) is 0.933. The van der Waals surface area contributed by atoms with E-state index in [9.17, 15) is 5.11 Å². The number of rotatable bonds is 0. The van der Waals surface area contributed by atoms with E-state index in [-0.39, 0.29) is 11.5 Å². The zero-order valence-corrected chi connectivity index (χ0v) is 21.9. The summed E-state index contributed by atoms with van der Waals surface area (Å²) in [6, 6.07) is 0. The van der Waals surface area contributed by atoms with Crippen LogP contribution in [0, 0.1) is 50.2 Å². The molecule has 5 aliphatic rings. The van der Waals surface area contributed by atoms with Gasteiger partial charge in [-0.25, -0.2) is 0 Å². The molecule has 1 nitrogen and oxygen atoms in total. The van der Waals surface area contributed by atoms with E-state index in [0.717, 1.165) is 18.3 Å². The minimum Gasteiger partial charge on any atom is -0.393 e. The minimum absolute atomic E-state index is 0.0533. The normalized spacial score (nSPS) is 55.2. The van der Waals surface area contributed by atoms with Crippen LogP contribution in [0.15, 0.2) is 11.6 Å². The van der Waals surface area contributed by atoms with Crippen molar-refractivity contribution in [2.45, 2.75) is 126 Å². The standard InChI is InChI=1S/C30H50O/c1-25(2)15-16-27(5)17-18-29(7)20(21(27)19-25)9-10-23-28(6)13-12-24(31)26(3,4)22(28)11-14-30(23,29)8/h9,21-24,31H,10-19H2,1-8H3/t21-,22-,23?,24-,27+,28-,29+,30+/m0/s1. The van der Waals surface area contributed by atoms with Crippen LogP contribution in [0.3, 0.4) is 0 Å². The average Bonchev–Trinajstić information content (AvgIpc) is 2.67. The molecule has 176 valence electrons. The van der Waals surface area contributed by atoms with E-state index < -0.39 is 0 Å². The Balaban J connectivity index is 1.57. The van der Waals surface area contributed by atoms with E-state index in [1.807, 2.05) is 5.57 Å². The monoisotopic (exact) mass is 426 g/mol. The molecule has 4 saturated carbocycles. The third-order valence-electron chi connectivity index (χ3n) is 13.0. The minimum atomic E-state index is -0.125. The Bertz CT molecular complexity index is 790. The highest BCUT2D eigenvalue weighted by Gasteiger charge is 2.67. The van der Waals surface area contributed by atoms with Crippen molar-refractivity contribution in [3.63, 3.8) is 0 Å². The zero-order valence-electron chi connectivity index (χ0n) is 21.9. The van der Waals surface area contributed by atoms with Gasteiger partial charge in [0.15, 0.2) is 0 Å². The Hall–Kier alpha value is -0.300. The molecule has 0 aromatic carbocycles. The van der Waals surface area contributed by atoms with E-state index in [1.54, 1.807) is 0 Å². The van der Waals surface area contributed by atoms with Crippen molar-refractivity contribution in [3.8, 4) is 0 Å². The SMILES string of the molecule is CC1(C)CC[C@]2(C)CC[C@]3(C)C(=CCC4[C@@]5(C)CC[C@H](O)C(C)(C)[C@@H]5CC[C@]43C)[C@@H]2C1. The van der Waals surface area contributed by atoms with Gasteiger partial charge in [-0.15, -0.1) is 0 Å². The Morgan fingerprint density at radius 3 is 2.16 bits per heavy atom. The molecule has 8 atom stereocenters. The number of aliphatic hydroxyl groups is 1. The molecule has 5 aliphatic carbocycles. The lowest BCUT2D eigenvalue weighted by Crippen LogP contribution is -2.64. The van der Waals surface area contributed by atoms with E-state index in [0.29, 0.717) is 33.0 Å². The lowest BCUT2D eigenvalue weighted by molar-refractivity contribution is -0.202. The maximum atomic E-state index is 10.9. The summed E-state index contributed by atoms with van der Waals surface area (Å²) in [7, 11) is 0. The third kappa shape index (κ3) is 2.77. The van der Waals surface area contributed by atoms with Crippen LogP contribution in [-0.4, -0.2) is 11.2 Å². The van der Waals surface area contributed by atoms with Crippen LogP contribution in [0.1, 0.15) is 120 Å². The fourth-order valence-corrected chi connectivity index (χ4v) is 10.5. The van der Waals surface area contributed by atoms with Gasteiger partial charge in [0, 0.05) is 0 Å². The molecule has 0 aromatic rings. The quantitative estimate of drug-likeness (QED) is 0.387. The molecule has 0 saturated heterocycles. The van der Waals surface area contributed by atoms with Gasteiger partial charge in [-0.3, -0.25) is 0 Å². The van der Waals surface area contributed by atoms with E-state index in [2.05, 4.69) is 61.5 Å². The molecule has 31 heavy (non-hydrogen) atoms. The van der Waals surface area contributed by atoms with Crippen molar-refractivity contribution in [3.05, 3.63) is 11.6 Å². The first-order chi connectivity index (χ1) is 14.2. The second kappa shape index (κ2) is 6.43. The van der Waals surface area contributed by atoms with Crippen LogP contribution in [0.2, 0.25) is 0 Å². The molecule has 5 rings (SSSR count). The summed E-state index contributed by atoms with van der Waals surface area (Å²) in [6.45, 7) is 20.4. The molecule has 0 spiro atoms. The molecule has 4 fully saturated rings. The predicted molar refractivity (Wildman–Crippen MR) is 131 cm³/mol. The Morgan fingerprint density at radius 2 is 1.45 bits per heavy atom. The molecule has 0 bridgehead atoms. The summed E-state index contributed by atoms with van der Waals surface area (Å²) in [6.07, 6.45) is 15.9. The molecule has 1 N–H and O–H groups in total. The van der Waals surface area contributed by atoms with Crippen molar-refractivity contribution in [1.29, 1.82) is 0 Å². The van der Waals surface area contributed by atoms with Gasteiger partial charge in [-0.2, -0.15) is 0 Å². The van der Waals surface area contributed by atoms with Gasteiger partial charge in [-0.1, -0.05) is 67.0 Å². The molecule has 0 radical (unpaired) electrons. The number of hydrogen-bond donors (Lipinski definition) is 1. The first kappa shape index (κ1) is 22.5. The third-order valence-corrected chi connectivity index (χ3v) is 13.0. The first-order valence-corrected chi connectivity index (χ1v) is 13.6. The highest BCUT2D eigenvalue weighted by molar-refractivity contribution is 5.33. The molecular formula is C30H50O. The Morgan fingerprint density at radius 1 is 0.774 bits per heavy atom. The van der Waals surface area contributed by atoms with Gasteiger partial charge >= 0.3 is 0 Å². The van der Waals surface area contributed by atoms with Gasteiger partial charge in [-0.05, 0) is 114 Å². The lowest BCUT2D eigenvalue weighted by Gasteiger charge is -2.71. The van der Waals surface area contributed by atoms with Crippen molar-refractivity contribution >= 4 is 0 Å². The van der Waals surface area contributed by atoms with Gasteiger partial charge in [0.2, 0.25) is 0 Å². The molecule has 0 amide bonds. The molecule has 0 aliphatic heterocycles. The largest absolute Gasteiger partial charge is 0.393 e. The average molecular weight is 427 g/mol. The molecular weight excluding hydrogens is 376 g/mol. The van der Waals surface area contributed by atoms with Crippen LogP contribution < -0.4 is 0 Å². The Kier molecular flexibility index (Phi) is 4.66. The van der Waals surface area contributed by atoms with E-state index >= 15 is 0 Å². The number of aliphatic hydroxyl groups excluding tert-OH is 1.